The van der Waals surface area contributed by atoms with E-state index in [0.717, 1.165) is 12.8 Å². The van der Waals surface area contributed by atoms with E-state index in [2.05, 4.69) is 4.72 Å². The molecule has 3 N–H and O–H groups in total. The van der Waals surface area contributed by atoms with Crippen LogP contribution < -0.4 is 10.5 Å². The van der Waals surface area contributed by atoms with E-state index in [0.29, 0.717) is 11.1 Å². The van der Waals surface area contributed by atoms with Crippen molar-refractivity contribution in [3.05, 3.63) is 35.4 Å². The Morgan fingerprint density at radius 2 is 1.95 bits per heavy atom. The van der Waals surface area contributed by atoms with Crippen molar-refractivity contribution in [1.82, 2.24) is 4.72 Å². The van der Waals surface area contributed by atoms with E-state index < -0.39 is 15.6 Å². The molecule has 0 aliphatic carbocycles. The third-order valence-electron chi connectivity index (χ3n) is 3.53. The topological polar surface area (TPSA) is 72.2 Å². The van der Waals surface area contributed by atoms with Crippen molar-refractivity contribution in [3.8, 4) is 0 Å². The standard InChI is InChI=1S/C14H22N2O2S2/c1-4-14(3,5-2)16-20(17,18)10-11-7-6-8-12(9-11)13(15)19/h6-9,16H,4-5,10H2,1-3H3,(H2,15,19). The van der Waals surface area contributed by atoms with E-state index >= 15 is 0 Å². The number of hydrogen-bond donors (Lipinski definition) is 2. The molecule has 112 valence electrons. The van der Waals surface area contributed by atoms with Gasteiger partial charge in [0, 0.05) is 11.1 Å². The van der Waals surface area contributed by atoms with Gasteiger partial charge in [-0.3, -0.25) is 0 Å². The number of rotatable bonds is 7. The molecule has 1 aromatic rings. The summed E-state index contributed by atoms with van der Waals surface area (Å²) in [5.41, 5.74) is 6.51. The zero-order valence-corrected chi connectivity index (χ0v) is 13.8. The summed E-state index contributed by atoms with van der Waals surface area (Å²) in [4.78, 5) is 0.268. The number of thiocarbonyl (C=S) groups is 1. The van der Waals surface area contributed by atoms with E-state index in [1.54, 1.807) is 24.3 Å². The molecule has 0 bridgehead atoms. The minimum atomic E-state index is -3.39. The lowest BCUT2D eigenvalue weighted by atomic mass is 9.98. The van der Waals surface area contributed by atoms with Crippen LogP contribution in [0.3, 0.4) is 0 Å². The van der Waals surface area contributed by atoms with Crippen LogP contribution in [0.2, 0.25) is 0 Å². The Kier molecular flexibility index (Phi) is 5.68. The van der Waals surface area contributed by atoms with Crippen molar-refractivity contribution in [2.45, 2.75) is 44.9 Å². The van der Waals surface area contributed by atoms with Gasteiger partial charge in [0.15, 0.2) is 0 Å². The van der Waals surface area contributed by atoms with Crippen LogP contribution in [-0.4, -0.2) is 18.9 Å². The Morgan fingerprint density at radius 1 is 1.35 bits per heavy atom. The van der Waals surface area contributed by atoms with Crippen LogP contribution in [0.5, 0.6) is 0 Å². The number of benzene rings is 1. The molecule has 0 aromatic heterocycles. The van der Waals surface area contributed by atoms with Crippen LogP contribution in [0, 0.1) is 0 Å². The Labute approximate surface area is 126 Å². The van der Waals surface area contributed by atoms with Crippen LogP contribution in [0.1, 0.15) is 44.7 Å². The van der Waals surface area contributed by atoms with Crippen molar-refractivity contribution in [2.75, 3.05) is 0 Å². The molecule has 0 atom stereocenters. The number of hydrogen-bond acceptors (Lipinski definition) is 3. The van der Waals surface area contributed by atoms with E-state index in [-0.39, 0.29) is 10.7 Å². The highest BCUT2D eigenvalue weighted by molar-refractivity contribution is 7.88. The van der Waals surface area contributed by atoms with Gasteiger partial charge in [0.1, 0.15) is 4.99 Å². The maximum atomic E-state index is 12.2. The van der Waals surface area contributed by atoms with Crippen LogP contribution >= 0.6 is 12.2 Å². The molecule has 1 rings (SSSR count). The summed E-state index contributed by atoms with van der Waals surface area (Å²) >= 11 is 4.90. The first-order chi connectivity index (χ1) is 9.21. The lowest BCUT2D eigenvalue weighted by molar-refractivity contribution is 0.388. The molecule has 0 amide bonds. The van der Waals surface area contributed by atoms with Gasteiger partial charge in [-0.25, -0.2) is 13.1 Å². The second kappa shape index (κ2) is 6.65. The fraction of sp³-hybridized carbons (Fsp3) is 0.500. The molecule has 20 heavy (non-hydrogen) atoms. The molecule has 0 spiro atoms. The van der Waals surface area contributed by atoms with Gasteiger partial charge in [-0.1, -0.05) is 44.3 Å². The van der Waals surface area contributed by atoms with Crippen molar-refractivity contribution >= 4 is 27.2 Å². The van der Waals surface area contributed by atoms with E-state index in [1.807, 2.05) is 20.8 Å². The molecule has 0 saturated heterocycles. The monoisotopic (exact) mass is 314 g/mol. The van der Waals surface area contributed by atoms with E-state index in [1.165, 1.54) is 0 Å². The van der Waals surface area contributed by atoms with E-state index in [4.69, 9.17) is 18.0 Å². The maximum Gasteiger partial charge on any atom is 0.216 e. The van der Waals surface area contributed by atoms with Crippen LogP contribution in [0.15, 0.2) is 24.3 Å². The predicted molar refractivity (Wildman–Crippen MR) is 87.1 cm³/mol. The van der Waals surface area contributed by atoms with Gasteiger partial charge in [0.25, 0.3) is 0 Å². The summed E-state index contributed by atoms with van der Waals surface area (Å²) < 4.78 is 27.3. The average Bonchev–Trinajstić information content (AvgIpc) is 2.37. The van der Waals surface area contributed by atoms with Gasteiger partial charge in [0.05, 0.1) is 5.75 Å². The lowest BCUT2D eigenvalue weighted by Gasteiger charge is -2.27. The second-order valence-electron chi connectivity index (χ2n) is 5.19. The first kappa shape index (κ1) is 17.1. The molecule has 0 aliphatic rings. The molecule has 1 aromatic carbocycles. The van der Waals surface area contributed by atoms with Crippen molar-refractivity contribution in [1.29, 1.82) is 0 Å². The van der Waals surface area contributed by atoms with Crippen molar-refractivity contribution < 1.29 is 8.42 Å². The average molecular weight is 314 g/mol. The quantitative estimate of drug-likeness (QED) is 0.758. The number of nitrogens with one attached hydrogen (secondary N) is 1. The van der Waals surface area contributed by atoms with Gasteiger partial charge in [0.2, 0.25) is 10.0 Å². The molecule has 0 fully saturated rings. The first-order valence-corrected chi connectivity index (χ1v) is 8.68. The Balaban J connectivity index is 2.91. The highest BCUT2D eigenvalue weighted by Crippen LogP contribution is 2.17. The SMILES string of the molecule is CCC(C)(CC)NS(=O)(=O)Cc1cccc(C(N)=S)c1. The molecular formula is C14H22N2O2S2. The molecule has 0 aliphatic heterocycles. The van der Waals surface area contributed by atoms with E-state index in [9.17, 15) is 8.42 Å². The fourth-order valence-electron chi connectivity index (χ4n) is 1.84. The van der Waals surface area contributed by atoms with Crippen molar-refractivity contribution in [2.24, 2.45) is 5.73 Å². The zero-order valence-electron chi connectivity index (χ0n) is 12.1. The zero-order chi connectivity index (χ0) is 15.4. The van der Waals surface area contributed by atoms with Crippen LogP contribution in [0.4, 0.5) is 0 Å². The Hall–Kier alpha value is -0.980. The first-order valence-electron chi connectivity index (χ1n) is 6.62. The molecule has 0 unspecified atom stereocenters. The van der Waals surface area contributed by atoms with Crippen LogP contribution in [0.25, 0.3) is 0 Å². The number of sulfonamides is 1. The highest BCUT2D eigenvalue weighted by atomic mass is 32.2. The molecular weight excluding hydrogens is 292 g/mol. The van der Waals surface area contributed by atoms with Crippen molar-refractivity contribution in [3.63, 3.8) is 0 Å². The van der Waals surface area contributed by atoms with Gasteiger partial charge in [-0.2, -0.15) is 0 Å². The summed E-state index contributed by atoms with van der Waals surface area (Å²) in [6.45, 7) is 5.86. The van der Waals surface area contributed by atoms with Gasteiger partial charge >= 0.3 is 0 Å². The third-order valence-corrected chi connectivity index (χ3v) is 5.28. The van der Waals surface area contributed by atoms with Gasteiger partial charge < -0.3 is 5.73 Å². The molecule has 0 radical (unpaired) electrons. The largest absolute Gasteiger partial charge is 0.389 e. The second-order valence-corrected chi connectivity index (χ2v) is 7.36. The fourth-order valence-corrected chi connectivity index (χ4v) is 3.70. The highest BCUT2D eigenvalue weighted by Gasteiger charge is 2.26. The Bertz CT molecular complexity index is 579. The van der Waals surface area contributed by atoms with Gasteiger partial charge in [-0.05, 0) is 31.4 Å². The summed E-state index contributed by atoms with van der Waals surface area (Å²) in [5.74, 6) is -0.0704. The summed E-state index contributed by atoms with van der Waals surface area (Å²) in [6, 6.07) is 7.01. The number of nitrogens with two attached hydrogens (primary N) is 1. The normalized spacial score (nSPS) is 12.3. The lowest BCUT2D eigenvalue weighted by Crippen LogP contribution is -2.45. The molecule has 4 nitrogen and oxygen atoms in total. The minimum Gasteiger partial charge on any atom is -0.389 e. The summed E-state index contributed by atoms with van der Waals surface area (Å²) in [5, 5.41) is 0. The minimum absolute atomic E-state index is 0.0704. The molecule has 6 heteroatoms. The summed E-state index contributed by atoms with van der Waals surface area (Å²) in [7, 11) is -3.39. The Morgan fingerprint density at radius 3 is 2.45 bits per heavy atom. The third kappa shape index (κ3) is 4.85. The molecule has 0 saturated carbocycles. The van der Waals surface area contributed by atoms with Gasteiger partial charge in [-0.15, -0.1) is 0 Å². The predicted octanol–water partition coefficient (Wildman–Crippen LogP) is 2.32. The smallest absolute Gasteiger partial charge is 0.216 e. The maximum absolute atomic E-state index is 12.2. The summed E-state index contributed by atoms with van der Waals surface area (Å²) in [6.07, 6.45) is 1.49. The van der Waals surface area contributed by atoms with Crippen LogP contribution in [-0.2, 0) is 15.8 Å². The molecule has 0 heterocycles.